The normalized spacial score (nSPS) is 14.5. The number of halogens is 1. The molecule has 1 aromatic carbocycles. The van der Waals surface area contributed by atoms with Crippen molar-refractivity contribution in [3.05, 3.63) is 35.9 Å². The number of hydrogen-bond acceptors (Lipinski definition) is 2. The molecule has 0 aliphatic heterocycles. The number of benzene rings is 1. The first-order valence-electron chi connectivity index (χ1n) is 6.83. The molecular formula is C15H30BrN3OS. The summed E-state index contributed by atoms with van der Waals surface area (Å²) < 4.78 is 16.3. The van der Waals surface area contributed by atoms with Crippen molar-refractivity contribution in [3.8, 4) is 0 Å². The number of quaternary nitrogens is 1. The predicted molar refractivity (Wildman–Crippen MR) is 88.6 cm³/mol. The van der Waals surface area contributed by atoms with Crippen molar-refractivity contribution in [1.29, 1.82) is 0 Å². The molecule has 0 aliphatic rings. The van der Waals surface area contributed by atoms with Gasteiger partial charge in [0.2, 0.25) is 0 Å². The van der Waals surface area contributed by atoms with E-state index in [2.05, 4.69) is 44.7 Å². The van der Waals surface area contributed by atoms with Crippen molar-refractivity contribution >= 4 is 9.73 Å². The Morgan fingerprint density at radius 3 is 2.00 bits per heavy atom. The van der Waals surface area contributed by atoms with Crippen molar-refractivity contribution in [2.24, 2.45) is 4.47 Å². The van der Waals surface area contributed by atoms with E-state index >= 15 is 0 Å². The standard InChI is InChI=1S/C12H20N2OS.C3H9N.BrH/c1-11(12-8-6-5-7-9-12)10-16(4,15)13-14(2)3;1-4(2)3;/h5-9,11H,10H2,1-4H3;1-3H3;1H. The first-order valence-corrected chi connectivity index (χ1v) is 8.92. The van der Waals surface area contributed by atoms with E-state index < -0.39 is 9.73 Å². The van der Waals surface area contributed by atoms with Crippen LogP contribution in [0.5, 0.6) is 0 Å². The van der Waals surface area contributed by atoms with Crippen LogP contribution in [-0.4, -0.2) is 56.5 Å². The van der Waals surface area contributed by atoms with Crippen LogP contribution in [0.15, 0.2) is 34.8 Å². The van der Waals surface area contributed by atoms with Crippen LogP contribution in [0.4, 0.5) is 0 Å². The molecule has 2 atom stereocenters. The Hall–Kier alpha value is -0.430. The third-order valence-electron chi connectivity index (χ3n) is 2.26. The van der Waals surface area contributed by atoms with Gasteiger partial charge in [-0.3, -0.25) is 0 Å². The van der Waals surface area contributed by atoms with Crippen molar-refractivity contribution in [3.63, 3.8) is 0 Å². The van der Waals surface area contributed by atoms with Crippen LogP contribution in [0.3, 0.4) is 0 Å². The molecule has 6 heteroatoms. The van der Waals surface area contributed by atoms with Crippen LogP contribution in [0.1, 0.15) is 18.4 Å². The Bertz CT molecular complexity index is 480. The molecule has 0 fully saturated rings. The first kappa shape index (κ1) is 22.8. The lowest BCUT2D eigenvalue weighted by molar-refractivity contribution is -0.836. The number of hydrogen-bond donors (Lipinski definition) is 1. The molecule has 0 saturated carbocycles. The summed E-state index contributed by atoms with van der Waals surface area (Å²) in [7, 11) is 7.73. The van der Waals surface area contributed by atoms with E-state index in [0.717, 1.165) is 0 Å². The van der Waals surface area contributed by atoms with E-state index in [0.29, 0.717) is 5.75 Å². The maximum atomic E-state index is 12.2. The molecule has 1 rings (SSSR count). The Kier molecular flexibility index (Phi) is 12.2. The minimum absolute atomic E-state index is 0. The lowest BCUT2D eigenvalue weighted by Gasteiger charge is -2.14. The first-order chi connectivity index (χ1) is 9.14. The fraction of sp³-hybridized carbons (Fsp3) is 0.600. The minimum atomic E-state index is -2.13. The van der Waals surface area contributed by atoms with Gasteiger partial charge in [-0.05, 0) is 11.5 Å². The summed E-state index contributed by atoms with van der Waals surface area (Å²) in [6.45, 7) is 2.09. The fourth-order valence-electron chi connectivity index (χ4n) is 1.72. The van der Waals surface area contributed by atoms with Gasteiger partial charge >= 0.3 is 0 Å². The largest absolute Gasteiger partial charge is 1.00 e. The van der Waals surface area contributed by atoms with Gasteiger partial charge in [-0.2, -0.15) is 5.01 Å². The molecule has 0 bridgehead atoms. The second-order valence-electron chi connectivity index (χ2n) is 5.87. The molecule has 0 amide bonds. The average Bonchev–Trinajstić information content (AvgIpc) is 2.26. The summed E-state index contributed by atoms with van der Waals surface area (Å²) in [5, 5.41) is 1.63. The van der Waals surface area contributed by atoms with Gasteiger partial charge in [-0.15, -0.1) is 4.47 Å². The Balaban J connectivity index is 0. The molecule has 0 saturated heterocycles. The Morgan fingerprint density at radius 2 is 1.62 bits per heavy atom. The highest BCUT2D eigenvalue weighted by molar-refractivity contribution is 7.92. The van der Waals surface area contributed by atoms with Crippen LogP contribution in [0.2, 0.25) is 0 Å². The summed E-state index contributed by atoms with van der Waals surface area (Å²) in [6.07, 6.45) is 1.71. The van der Waals surface area contributed by atoms with Gasteiger partial charge in [-0.1, -0.05) is 37.3 Å². The zero-order valence-electron chi connectivity index (χ0n) is 14.3. The van der Waals surface area contributed by atoms with Crippen LogP contribution >= 0.6 is 0 Å². The maximum Gasteiger partial charge on any atom is 0.0661 e. The Labute approximate surface area is 141 Å². The number of rotatable bonds is 4. The maximum absolute atomic E-state index is 12.2. The topological polar surface area (TPSA) is 37.1 Å². The zero-order valence-corrected chi connectivity index (χ0v) is 16.7. The van der Waals surface area contributed by atoms with Gasteiger partial charge in [0.05, 0.1) is 30.9 Å². The molecule has 2 unspecified atom stereocenters. The molecule has 0 radical (unpaired) electrons. The van der Waals surface area contributed by atoms with Gasteiger partial charge in [0.15, 0.2) is 0 Å². The molecule has 21 heavy (non-hydrogen) atoms. The predicted octanol–water partition coefficient (Wildman–Crippen LogP) is -1.87. The van der Waals surface area contributed by atoms with Gasteiger partial charge in [0.25, 0.3) is 0 Å². The number of nitrogens with zero attached hydrogens (tertiary/aromatic N) is 2. The average molecular weight is 380 g/mol. The van der Waals surface area contributed by atoms with Crippen LogP contribution in [-0.2, 0) is 9.73 Å². The third-order valence-corrected chi connectivity index (χ3v) is 4.05. The minimum Gasteiger partial charge on any atom is -1.00 e. The van der Waals surface area contributed by atoms with Gasteiger partial charge in [0, 0.05) is 26.1 Å². The molecule has 4 nitrogen and oxygen atoms in total. The van der Waals surface area contributed by atoms with Crippen LogP contribution in [0.25, 0.3) is 0 Å². The monoisotopic (exact) mass is 379 g/mol. The van der Waals surface area contributed by atoms with E-state index in [1.165, 1.54) is 10.5 Å². The molecule has 0 aromatic heterocycles. The molecule has 1 N–H and O–H groups in total. The van der Waals surface area contributed by atoms with Gasteiger partial charge in [0.1, 0.15) is 0 Å². The van der Waals surface area contributed by atoms with E-state index in [-0.39, 0.29) is 22.9 Å². The van der Waals surface area contributed by atoms with E-state index in [9.17, 15) is 4.21 Å². The van der Waals surface area contributed by atoms with Crippen molar-refractivity contribution in [1.82, 2.24) is 5.01 Å². The quantitative estimate of drug-likeness (QED) is 0.622. The van der Waals surface area contributed by atoms with E-state index in [1.54, 1.807) is 25.4 Å². The smallest absolute Gasteiger partial charge is 0.0661 e. The van der Waals surface area contributed by atoms with Crippen molar-refractivity contribution in [2.75, 3.05) is 47.2 Å². The van der Waals surface area contributed by atoms with Crippen molar-refractivity contribution < 1.29 is 26.1 Å². The van der Waals surface area contributed by atoms with Crippen molar-refractivity contribution in [2.45, 2.75) is 12.8 Å². The highest BCUT2D eigenvalue weighted by Gasteiger charge is 2.11. The second kappa shape index (κ2) is 11.2. The summed E-state index contributed by atoms with van der Waals surface area (Å²) in [5.41, 5.74) is 1.21. The fourth-order valence-corrected chi connectivity index (χ4v) is 3.60. The summed E-state index contributed by atoms with van der Waals surface area (Å²) in [6, 6.07) is 10.1. The Morgan fingerprint density at radius 1 is 1.19 bits per heavy atom. The molecule has 0 aliphatic carbocycles. The van der Waals surface area contributed by atoms with Crippen LogP contribution in [0, 0.1) is 0 Å². The highest BCUT2D eigenvalue weighted by atomic mass is 79.9. The van der Waals surface area contributed by atoms with Gasteiger partial charge < -0.3 is 21.9 Å². The molecule has 1 aromatic rings. The lowest BCUT2D eigenvalue weighted by atomic mass is 10.0. The van der Waals surface area contributed by atoms with Crippen LogP contribution < -0.4 is 21.9 Å². The zero-order chi connectivity index (χ0) is 15.8. The highest BCUT2D eigenvalue weighted by Crippen LogP contribution is 2.17. The molecule has 0 spiro atoms. The second-order valence-corrected chi connectivity index (χ2v) is 8.28. The third kappa shape index (κ3) is 13.0. The summed E-state index contributed by atoms with van der Waals surface area (Å²) >= 11 is 0. The molecule has 0 heterocycles. The van der Waals surface area contributed by atoms with Gasteiger partial charge in [-0.25, -0.2) is 4.21 Å². The van der Waals surface area contributed by atoms with E-state index in [1.807, 2.05) is 18.2 Å². The lowest BCUT2D eigenvalue weighted by Crippen LogP contribution is -3.02. The summed E-state index contributed by atoms with van der Waals surface area (Å²) in [5.74, 6) is 0.859. The molecular weight excluding hydrogens is 350 g/mol. The SMILES string of the molecule is CC(CS(C)(=O)=NN(C)C)c1ccccc1.C[NH+](C)C.[Br-]. The molecule has 124 valence electrons. The number of nitrogens with one attached hydrogen (secondary N) is 1. The summed E-state index contributed by atoms with van der Waals surface area (Å²) in [4.78, 5) is 1.42. The van der Waals surface area contributed by atoms with E-state index in [4.69, 9.17) is 0 Å².